The minimum atomic E-state index is -1.51. The summed E-state index contributed by atoms with van der Waals surface area (Å²) in [7, 11) is 0. The minimum Gasteiger partial charge on any atom is -0.392 e. The molecule has 0 aromatic carbocycles. The summed E-state index contributed by atoms with van der Waals surface area (Å²) in [6.45, 7) is 14.3. The average molecular weight is 421 g/mol. The standard InChI is InChI=1S/C24H36O6/c1-13-14-8-7-10-23(17(13)26)19(14)29-21(4,5)30-24(23)18(27)16-20(2,3)11-9-15(25)22(16,6)12-28-24/h14-16,18-19,25,27H,1,7-12H2,2-6H3/t14-,15-,16+,18-,19+,22-,23-,24-/m0/s1. The molecule has 30 heavy (non-hydrogen) atoms. The number of ketones is 1. The van der Waals surface area contributed by atoms with E-state index in [1.54, 1.807) is 0 Å². The van der Waals surface area contributed by atoms with E-state index in [0.717, 1.165) is 19.3 Å². The van der Waals surface area contributed by atoms with Crippen LogP contribution in [0.5, 0.6) is 0 Å². The summed E-state index contributed by atoms with van der Waals surface area (Å²) in [5.41, 5.74) is -1.38. The van der Waals surface area contributed by atoms with Gasteiger partial charge in [-0.2, -0.15) is 0 Å². The first-order chi connectivity index (χ1) is 13.8. The first-order valence-corrected chi connectivity index (χ1v) is 11.4. The van der Waals surface area contributed by atoms with Crippen LogP contribution in [0.2, 0.25) is 0 Å². The predicted molar refractivity (Wildman–Crippen MR) is 109 cm³/mol. The number of rotatable bonds is 0. The van der Waals surface area contributed by atoms with Gasteiger partial charge in [-0.25, -0.2) is 0 Å². The molecular formula is C24H36O6. The third-order valence-electron chi connectivity index (χ3n) is 9.19. The maximum atomic E-state index is 13.7. The molecule has 2 heterocycles. The van der Waals surface area contributed by atoms with E-state index in [1.165, 1.54) is 0 Å². The molecule has 5 fully saturated rings. The first kappa shape index (κ1) is 21.1. The number of aliphatic hydroxyl groups is 2. The number of aliphatic hydroxyl groups excluding tert-OH is 2. The maximum Gasteiger partial charge on any atom is 0.213 e. The highest BCUT2D eigenvalue weighted by Gasteiger charge is 2.80. The second-order valence-corrected chi connectivity index (χ2v) is 11.8. The Labute approximate surface area is 179 Å². The highest BCUT2D eigenvalue weighted by atomic mass is 16.8. The molecule has 3 aliphatic carbocycles. The van der Waals surface area contributed by atoms with Crippen molar-refractivity contribution in [1.29, 1.82) is 0 Å². The fourth-order valence-corrected chi connectivity index (χ4v) is 7.91. The Hall–Kier alpha value is -0.790. The van der Waals surface area contributed by atoms with Crippen LogP contribution in [-0.4, -0.2) is 52.5 Å². The van der Waals surface area contributed by atoms with Crippen molar-refractivity contribution in [3.8, 4) is 0 Å². The van der Waals surface area contributed by atoms with Gasteiger partial charge in [0.25, 0.3) is 0 Å². The van der Waals surface area contributed by atoms with E-state index in [-0.39, 0.29) is 29.6 Å². The van der Waals surface area contributed by atoms with Crippen molar-refractivity contribution in [3.05, 3.63) is 12.2 Å². The number of carbonyl (C=O) groups excluding carboxylic acids is 1. The molecular weight excluding hydrogens is 384 g/mol. The molecule has 6 heteroatoms. The van der Waals surface area contributed by atoms with Crippen LogP contribution in [-0.2, 0) is 19.0 Å². The Morgan fingerprint density at radius 1 is 1.07 bits per heavy atom. The van der Waals surface area contributed by atoms with Crippen LogP contribution in [0.15, 0.2) is 12.2 Å². The lowest BCUT2D eigenvalue weighted by molar-refractivity contribution is -0.490. The molecule has 0 aromatic heterocycles. The van der Waals surface area contributed by atoms with E-state index >= 15 is 0 Å². The van der Waals surface area contributed by atoms with Crippen LogP contribution in [0.1, 0.15) is 66.7 Å². The van der Waals surface area contributed by atoms with Crippen molar-refractivity contribution in [2.75, 3.05) is 6.61 Å². The van der Waals surface area contributed by atoms with Crippen molar-refractivity contribution in [1.82, 2.24) is 0 Å². The maximum absolute atomic E-state index is 13.7. The van der Waals surface area contributed by atoms with Crippen molar-refractivity contribution in [2.45, 2.75) is 96.6 Å². The molecule has 3 saturated carbocycles. The van der Waals surface area contributed by atoms with E-state index < -0.39 is 40.7 Å². The van der Waals surface area contributed by atoms with Gasteiger partial charge in [0.2, 0.25) is 5.79 Å². The molecule has 1 spiro atoms. The monoisotopic (exact) mass is 420 g/mol. The van der Waals surface area contributed by atoms with E-state index in [1.807, 2.05) is 20.8 Å². The van der Waals surface area contributed by atoms with Crippen molar-refractivity contribution >= 4 is 5.78 Å². The highest BCUT2D eigenvalue weighted by molar-refractivity contribution is 6.04. The van der Waals surface area contributed by atoms with Gasteiger partial charge in [-0.15, -0.1) is 0 Å². The Bertz CT molecular complexity index is 804. The van der Waals surface area contributed by atoms with E-state index in [9.17, 15) is 15.0 Å². The van der Waals surface area contributed by atoms with Crippen LogP contribution in [0.3, 0.4) is 0 Å². The largest absolute Gasteiger partial charge is 0.392 e. The number of hydrogen-bond acceptors (Lipinski definition) is 6. The highest BCUT2D eigenvalue weighted by Crippen LogP contribution is 2.68. The normalized spacial score (nSPS) is 54.0. The fourth-order valence-electron chi connectivity index (χ4n) is 7.91. The Morgan fingerprint density at radius 2 is 1.77 bits per heavy atom. The van der Waals surface area contributed by atoms with Crippen molar-refractivity contribution in [3.63, 3.8) is 0 Å². The van der Waals surface area contributed by atoms with Crippen molar-refractivity contribution < 1.29 is 29.2 Å². The van der Waals surface area contributed by atoms with E-state index in [4.69, 9.17) is 14.2 Å². The summed E-state index contributed by atoms with van der Waals surface area (Å²) in [5, 5.41) is 23.0. The van der Waals surface area contributed by atoms with Gasteiger partial charge < -0.3 is 24.4 Å². The lowest BCUT2D eigenvalue weighted by atomic mass is 9.49. The fraction of sp³-hybridized carbons (Fsp3) is 0.875. The zero-order chi connectivity index (χ0) is 21.9. The van der Waals surface area contributed by atoms with Crippen LogP contribution in [0, 0.1) is 28.1 Å². The van der Waals surface area contributed by atoms with Crippen LogP contribution in [0.4, 0.5) is 0 Å². The summed E-state index contributed by atoms with van der Waals surface area (Å²) < 4.78 is 19.4. The van der Waals surface area contributed by atoms with Crippen LogP contribution in [0.25, 0.3) is 0 Å². The van der Waals surface area contributed by atoms with Gasteiger partial charge in [-0.05, 0) is 50.5 Å². The Balaban J connectivity index is 1.70. The molecule has 168 valence electrons. The lowest BCUT2D eigenvalue weighted by Gasteiger charge is -2.67. The summed E-state index contributed by atoms with van der Waals surface area (Å²) in [4.78, 5) is 13.7. The molecule has 5 rings (SSSR count). The van der Waals surface area contributed by atoms with E-state index in [2.05, 4.69) is 20.4 Å². The molecule has 0 unspecified atom stereocenters. The quantitative estimate of drug-likeness (QED) is 0.586. The summed E-state index contributed by atoms with van der Waals surface area (Å²) in [6, 6.07) is 0. The van der Waals surface area contributed by atoms with Crippen LogP contribution < -0.4 is 0 Å². The first-order valence-electron chi connectivity index (χ1n) is 11.4. The summed E-state index contributed by atoms with van der Waals surface area (Å²) in [5.74, 6) is -2.95. The molecule has 2 N–H and O–H groups in total. The summed E-state index contributed by atoms with van der Waals surface area (Å²) >= 11 is 0. The molecule has 0 radical (unpaired) electrons. The average Bonchev–Trinajstić information content (AvgIpc) is 2.76. The number of ether oxygens (including phenoxy) is 3. The van der Waals surface area contributed by atoms with E-state index in [0.29, 0.717) is 18.4 Å². The van der Waals surface area contributed by atoms with Gasteiger partial charge in [0.15, 0.2) is 11.6 Å². The van der Waals surface area contributed by atoms with Gasteiger partial charge in [0.05, 0.1) is 18.8 Å². The topological polar surface area (TPSA) is 85.2 Å². The molecule has 2 aliphatic heterocycles. The molecule has 2 saturated heterocycles. The molecule has 5 aliphatic rings. The second-order valence-electron chi connectivity index (χ2n) is 11.8. The van der Waals surface area contributed by atoms with Gasteiger partial charge in [0, 0.05) is 17.3 Å². The zero-order valence-corrected chi connectivity index (χ0v) is 18.9. The number of hydrogen-bond donors (Lipinski definition) is 2. The third kappa shape index (κ3) is 2.25. The number of Topliss-reactive ketones (excluding diaryl/α,β-unsaturated/α-hetero) is 1. The molecule has 0 aromatic rings. The lowest BCUT2D eigenvalue weighted by Crippen LogP contribution is -2.79. The SMILES string of the molecule is C=C1C(=O)[C@@]23CCC[C@@H]1[C@H]2OC(C)(C)O[C@]31OC[C@]2(C)[C@H]([C@@H]1O)C(C)(C)CC[C@@H]2O. The third-order valence-corrected chi connectivity index (χ3v) is 9.19. The van der Waals surface area contributed by atoms with Gasteiger partial charge in [0.1, 0.15) is 11.5 Å². The molecule has 0 amide bonds. The molecule has 8 atom stereocenters. The minimum absolute atomic E-state index is 0.0691. The molecule has 2 bridgehead atoms. The van der Waals surface area contributed by atoms with Crippen LogP contribution >= 0.6 is 0 Å². The predicted octanol–water partition coefficient (Wildman–Crippen LogP) is 2.95. The number of fused-ring (bicyclic) bond motifs is 1. The summed E-state index contributed by atoms with van der Waals surface area (Å²) in [6.07, 6.45) is 1.65. The second kappa shape index (κ2) is 5.96. The van der Waals surface area contributed by atoms with Gasteiger partial charge in [-0.1, -0.05) is 33.8 Å². The van der Waals surface area contributed by atoms with Gasteiger partial charge >= 0.3 is 0 Å². The Kier molecular flexibility index (Phi) is 4.19. The van der Waals surface area contributed by atoms with Crippen molar-refractivity contribution in [2.24, 2.45) is 28.1 Å². The smallest absolute Gasteiger partial charge is 0.213 e. The zero-order valence-electron chi connectivity index (χ0n) is 18.9. The molecule has 6 nitrogen and oxygen atoms in total. The number of carbonyl (C=O) groups is 1. The van der Waals surface area contributed by atoms with Gasteiger partial charge in [-0.3, -0.25) is 4.79 Å². The Morgan fingerprint density at radius 3 is 2.47 bits per heavy atom.